The summed E-state index contributed by atoms with van der Waals surface area (Å²) in [5.74, 6) is 0. The van der Waals surface area contributed by atoms with E-state index in [2.05, 4.69) is 10.4 Å². The topological polar surface area (TPSA) is 118 Å². The summed E-state index contributed by atoms with van der Waals surface area (Å²) >= 11 is 0. The van der Waals surface area contributed by atoms with Crippen LogP contribution in [0.4, 0.5) is 10.5 Å². The molecule has 1 saturated heterocycles. The van der Waals surface area contributed by atoms with Gasteiger partial charge in [0.25, 0.3) is 0 Å². The molecule has 1 aromatic rings. The van der Waals surface area contributed by atoms with Crippen molar-refractivity contribution in [2.45, 2.75) is 57.5 Å². The Bertz CT molecular complexity index is 654. The van der Waals surface area contributed by atoms with Gasteiger partial charge in [-0.3, -0.25) is 14.8 Å². The van der Waals surface area contributed by atoms with Crippen molar-refractivity contribution in [3.8, 4) is 0 Å². The lowest BCUT2D eigenvalue weighted by molar-refractivity contribution is -0.386. The fourth-order valence-corrected chi connectivity index (χ4v) is 2.95. The van der Waals surface area contributed by atoms with Gasteiger partial charge in [0.15, 0.2) is 0 Å². The molecule has 0 unspecified atom stereocenters. The standard InChI is InChI=1S/C16H26N4O6/c1-16(2,3)26-15(21)18-10-6-7-12(25-9-13(10)24-5)14-11(20(22)23)8-17-19(14)4/h8,10,12-13H,6-7,9H2,1-5H3,(H,18,21)/t10-,12+,13+/m1/s1. The van der Waals surface area contributed by atoms with Gasteiger partial charge >= 0.3 is 11.8 Å². The van der Waals surface area contributed by atoms with Gasteiger partial charge in [-0.1, -0.05) is 0 Å². The van der Waals surface area contributed by atoms with Crippen molar-refractivity contribution >= 4 is 11.8 Å². The molecule has 146 valence electrons. The lowest BCUT2D eigenvalue weighted by Crippen LogP contribution is -2.46. The number of nitrogens with one attached hydrogen (secondary N) is 1. The largest absolute Gasteiger partial charge is 0.444 e. The van der Waals surface area contributed by atoms with E-state index in [0.29, 0.717) is 18.5 Å². The molecule has 0 spiro atoms. The Labute approximate surface area is 151 Å². The van der Waals surface area contributed by atoms with Crippen LogP contribution in [0.2, 0.25) is 0 Å². The third kappa shape index (κ3) is 4.92. The second-order valence-corrected chi connectivity index (χ2v) is 7.22. The first-order valence-electron chi connectivity index (χ1n) is 8.42. The molecule has 1 aliphatic heterocycles. The van der Waals surface area contributed by atoms with Crippen LogP contribution in [0.5, 0.6) is 0 Å². The van der Waals surface area contributed by atoms with Crippen LogP contribution >= 0.6 is 0 Å². The Morgan fingerprint density at radius 2 is 2.15 bits per heavy atom. The predicted octanol–water partition coefficient (Wildman–Crippen LogP) is 2.09. The number of rotatable bonds is 4. The number of hydrogen-bond acceptors (Lipinski definition) is 7. The van der Waals surface area contributed by atoms with E-state index in [9.17, 15) is 14.9 Å². The molecule has 0 bridgehead atoms. The molecule has 1 aromatic heterocycles. The number of methoxy groups -OCH3 is 1. The summed E-state index contributed by atoms with van der Waals surface area (Å²) in [4.78, 5) is 22.8. The van der Waals surface area contributed by atoms with Gasteiger partial charge in [0.05, 0.1) is 17.6 Å². The second kappa shape index (κ2) is 8.00. The molecule has 26 heavy (non-hydrogen) atoms. The number of carbonyl (C=O) groups excluding carboxylic acids is 1. The zero-order valence-corrected chi connectivity index (χ0v) is 15.7. The number of aryl methyl sites for hydroxylation is 1. The van der Waals surface area contributed by atoms with Gasteiger partial charge < -0.3 is 19.5 Å². The molecule has 0 radical (unpaired) electrons. The van der Waals surface area contributed by atoms with Gasteiger partial charge in [0.2, 0.25) is 0 Å². The zero-order chi connectivity index (χ0) is 19.5. The van der Waals surface area contributed by atoms with E-state index in [1.165, 1.54) is 18.0 Å². The Morgan fingerprint density at radius 3 is 2.73 bits per heavy atom. The van der Waals surface area contributed by atoms with Gasteiger partial charge in [-0.15, -0.1) is 0 Å². The minimum Gasteiger partial charge on any atom is -0.444 e. The van der Waals surface area contributed by atoms with E-state index >= 15 is 0 Å². The van der Waals surface area contributed by atoms with Crippen molar-refractivity contribution < 1.29 is 23.9 Å². The number of ether oxygens (including phenoxy) is 3. The number of carbonyl (C=O) groups is 1. The molecule has 10 nitrogen and oxygen atoms in total. The molecule has 2 heterocycles. The summed E-state index contributed by atoms with van der Waals surface area (Å²) in [6, 6.07) is -0.327. The molecule has 0 aromatic carbocycles. The molecule has 1 amide bonds. The number of amides is 1. The van der Waals surface area contributed by atoms with Crippen LogP contribution in [0, 0.1) is 10.1 Å². The van der Waals surface area contributed by atoms with Gasteiger partial charge in [-0.25, -0.2) is 4.79 Å². The minimum absolute atomic E-state index is 0.0787. The van der Waals surface area contributed by atoms with Crippen molar-refractivity contribution in [1.29, 1.82) is 0 Å². The maximum absolute atomic E-state index is 12.1. The zero-order valence-electron chi connectivity index (χ0n) is 15.7. The van der Waals surface area contributed by atoms with Crippen LogP contribution in [0.15, 0.2) is 6.20 Å². The molecule has 1 aliphatic rings. The van der Waals surface area contributed by atoms with Crippen molar-refractivity contribution in [3.05, 3.63) is 22.0 Å². The van der Waals surface area contributed by atoms with Crippen LogP contribution in [-0.2, 0) is 21.3 Å². The van der Waals surface area contributed by atoms with Gasteiger partial charge in [0, 0.05) is 14.2 Å². The maximum atomic E-state index is 12.1. The molecule has 1 N–H and O–H groups in total. The van der Waals surface area contributed by atoms with Crippen molar-refractivity contribution in [3.63, 3.8) is 0 Å². The lowest BCUT2D eigenvalue weighted by atomic mass is 10.0. The SMILES string of the molecule is CO[C@H]1CO[C@H](c2c([N+](=O)[O-])cnn2C)CC[C@H]1NC(=O)OC(C)(C)C. The summed E-state index contributed by atoms with van der Waals surface area (Å²) in [5.41, 5.74) is -0.279. The first-order chi connectivity index (χ1) is 12.1. The second-order valence-electron chi connectivity index (χ2n) is 7.22. The molecule has 3 atom stereocenters. The van der Waals surface area contributed by atoms with E-state index in [1.54, 1.807) is 27.8 Å². The Kier molecular flexibility index (Phi) is 6.19. The smallest absolute Gasteiger partial charge is 0.407 e. The van der Waals surface area contributed by atoms with Crippen molar-refractivity contribution in [2.75, 3.05) is 13.7 Å². The number of aromatic nitrogens is 2. The number of hydrogen-bond donors (Lipinski definition) is 1. The monoisotopic (exact) mass is 370 g/mol. The Morgan fingerprint density at radius 1 is 1.46 bits per heavy atom. The number of nitro groups is 1. The molecule has 10 heteroatoms. The van der Waals surface area contributed by atoms with Crippen LogP contribution in [-0.4, -0.2) is 52.3 Å². The van der Waals surface area contributed by atoms with Gasteiger partial charge in [0.1, 0.15) is 29.7 Å². The van der Waals surface area contributed by atoms with Gasteiger partial charge in [-0.2, -0.15) is 5.10 Å². The summed E-state index contributed by atoms with van der Waals surface area (Å²) < 4.78 is 18.0. The fourth-order valence-electron chi connectivity index (χ4n) is 2.95. The van der Waals surface area contributed by atoms with E-state index < -0.39 is 22.7 Å². The van der Waals surface area contributed by atoms with E-state index in [4.69, 9.17) is 14.2 Å². The number of alkyl carbamates (subject to hydrolysis) is 1. The highest BCUT2D eigenvalue weighted by Gasteiger charge is 2.35. The average molecular weight is 370 g/mol. The molecule has 2 rings (SSSR count). The molecule has 1 fully saturated rings. The highest BCUT2D eigenvalue weighted by Crippen LogP contribution is 2.33. The first kappa shape index (κ1) is 20.1. The number of nitrogens with zero attached hydrogens (tertiary/aromatic N) is 3. The van der Waals surface area contributed by atoms with Crippen LogP contribution in [0.1, 0.15) is 45.4 Å². The minimum atomic E-state index is -0.605. The third-order valence-electron chi connectivity index (χ3n) is 4.12. The fraction of sp³-hybridized carbons (Fsp3) is 0.750. The van der Waals surface area contributed by atoms with E-state index in [-0.39, 0.29) is 24.4 Å². The van der Waals surface area contributed by atoms with Gasteiger partial charge in [-0.05, 0) is 33.6 Å². The molecular formula is C16H26N4O6. The van der Waals surface area contributed by atoms with Crippen LogP contribution in [0.25, 0.3) is 0 Å². The molecular weight excluding hydrogens is 344 g/mol. The summed E-state index contributed by atoms with van der Waals surface area (Å²) in [5, 5.41) is 18.0. The van der Waals surface area contributed by atoms with Crippen LogP contribution < -0.4 is 5.32 Å². The maximum Gasteiger partial charge on any atom is 0.407 e. The summed E-state index contributed by atoms with van der Waals surface area (Å²) in [6.45, 7) is 5.54. The van der Waals surface area contributed by atoms with E-state index in [0.717, 1.165) is 0 Å². The Hall–Kier alpha value is -2.20. The molecule has 0 saturated carbocycles. The lowest BCUT2D eigenvalue weighted by Gasteiger charge is -2.26. The third-order valence-corrected chi connectivity index (χ3v) is 4.12. The van der Waals surface area contributed by atoms with Crippen LogP contribution in [0.3, 0.4) is 0 Å². The molecule has 0 aliphatic carbocycles. The first-order valence-corrected chi connectivity index (χ1v) is 8.42. The highest BCUT2D eigenvalue weighted by molar-refractivity contribution is 5.68. The predicted molar refractivity (Wildman–Crippen MR) is 91.7 cm³/mol. The van der Waals surface area contributed by atoms with E-state index in [1.807, 2.05) is 0 Å². The summed E-state index contributed by atoms with van der Waals surface area (Å²) in [6.07, 6.45) is 0.777. The highest BCUT2D eigenvalue weighted by atomic mass is 16.6. The quantitative estimate of drug-likeness (QED) is 0.637. The van der Waals surface area contributed by atoms with Crippen molar-refractivity contribution in [2.24, 2.45) is 7.05 Å². The van der Waals surface area contributed by atoms with Crippen molar-refractivity contribution in [1.82, 2.24) is 15.1 Å². The Balaban J connectivity index is 2.12. The summed E-state index contributed by atoms with van der Waals surface area (Å²) in [7, 11) is 3.17. The normalized spacial score (nSPS) is 24.0. The average Bonchev–Trinajstić information content (AvgIpc) is 2.79.